The van der Waals surface area contributed by atoms with Crippen LogP contribution in [0.25, 0.3) is 0 Å². The molecule has 1 aromatic rings. The Hall–Kier alpha value is -0.600. The summed E-state index contributed by atoms with van der Waals surface area (Å²) in [6.45, 7) is 3.74. The van der Waals surface area contributed by atoms with Gasteiger partial charge in [-0.2, -0.15) is 0 Å². The van der Waals surface area contributed by atoms with Crippen molar-refractivity contribution in [2.45, 2.75) is 25.7 Å². The van der Waals surface area contributed by atoms with Crippen LogP contribution in [-0.4, -0.2) is 13.1 Å². The fourth-order valence-electron chi connectivity index (χ4n) is 2.11. The molecule has 82 valence electrons. The van der Waals surface area contributed by atoms with E-state index in [0.29, 0.717) is 16.5 Å². The van der Waals surface area contributed by atoms with E-state index < -0.39 is 0 Å². The lowest BCUT2D eigenvalue weighted by Crippen LogP contribution is -2.26. The minimum atomic E-state index is -0.145. The van der Waals surface area contributed by atoms with Gasteiger partial charge in [-0.05, 0) is 62.0 Å². The van der Waals surface area contributed by atoms with Crippen molar-refractivity contribution in [2.75, 3.05) is 13.1 Å². The summed E-state index contributed by atoms with van der Waals surface area (Å²) in [4.78, 5) is 0. The van der Waals surface area contributed by atoms with Crippen molar-refractivity contribution >= 4 is 11.6 Å². The summed E-state index contributed by atoms with van der Waals surface area (Å²) in [5.74, 6) is 0.266. The van der Waals surface area contributed by atoms with Gasteiger partial charge in [-0.3, -0.25) is 0 Å². The summed E-state index contributed by atoms with van der Waals surface area (Å²) in [6.07, 6.45) is 2.09. The topological polar surface area (TPSA) is 12.0 Å². The Labute approximate surface area is 94.6 Å². The van der Waals surface area contributed by atoms with Crippen LogP contribution in [0.1, 0.15) is 29.9 Å². The van der Waals surface area contributed by atoms with Crippen molar-refractivity contribution < 1.29 is 4.39 Å². The molecule has 2 rings (SSSR count). The Balaban J connectivity index is 2.30. The first-order valence-corrected chi connectivity index (χ1v) is 5.72. The highest BCUT2D eigenvalue weighted by Crippen LogP contribution is 2.32. The summed E-state index contributed by atoms with van der Waals surface area (Å²) < 4.78 is 13.4. The average Bonchev–Trinajstić information content (AvgIpc) is 2.25. The molecule has 15 heavy (non-hydrogen) atoms. The number of benzene rings is 1. The predicted octanol–water partition coefficient (Wildman–Crippen LogP) is 3.25. The lowest BCUT2D eigenvalue weighted by Gasteiger charge is -2.24. The van der Waals surface area contributed by atoms with E-state index in [0.717, 1.165) is 31.5 Å². The summed E-state index contributed by atoms with van der Waals surface area (Å²) in [7, 11) is 0. The Bertz CT molecular complexity index is 359. The minimum Gasteiger partial charge on any atom is -0.317 e. The molecule has 3 heteroatoms. The molecule has 1 fully saturated rings. The van der Waals surface area contributed by atoms with Crippen molar-refractivity contribution in [1.82, 2.24) is 5.32 Å². The number of hydrogen-bond donors (Lipinski definition) is 1. The van der Waals surface area contributed by atoms with Crippen molar-refractivity contribution in [3.63, 3.8) is 0 Å². The molecule has 0 bridgehead atoms. The van der Waals surface area contributed by atoms with Gasteiger partial charge in [0.15, 0.2) is 0 Å². The molecule has 0 unspecified atom stereocenters. The summed E-state index contributed by atoms with van der Waals surface area (Å²) >= 11 is 6.15. The van der Waals surface area contributed by atoms with E-state index in [-0.39, 0.29) is 5.82 Å². The van der Waals surface area contributed by atoms with Crippen molar-refractivity contribution in [1.29, 1.82) is 0 Å². The third kappa shape index (κ3) is 2.32. The molecular formula is C12H15ClFN. The van der Waals surface area contributed by atoms with E-state index >= 15 is 0 Å². The first-order chi connectivity index (χ1) is 7.18. The molecule has 0 spiro atoms. The highest BCUT2D eigenvalue weighted by molar-refractivity contribution is 6.31. The van der Waals surface area contributed by atoms with E-state index in [1.165, 1.54) is 0 Å². The van der Waals surface area contributed by atoms with Crippen molar-refractivity contribution in [2.24, 2.45) is 0 Å². The van der Waals surface area contributed by atoms with Crippen LogP contribution in [0.5, 0.6) is 0 Å². The van der Waals surface area contributed by atoms with E-state index in [4.69, 9.17) is 11.6 Å². The molecular weight excluding hydrogens is 213 g/mol. The van der Waals surface area contributed by atoms with Crippen LogP contribution in [0.15, 0.2) is 12.1 Å². The molecule has 1 nitrogen and oxygen atoms in total. The maximum Gasteiger partial charge on any atom is 0.126 e. The Morgan fingerprint density at radius 1 is 1.33 bits per heavy atom. The van der Waals surface area contributed by atoms with Crippen LogP contribution in [-0.2, 0) is 0 Å². The van der Waals surface area contributed by atoms with Crippen molar-refractivity contribution in [3.05, 3.63) is 34.1 Å². The molecule has 0 amide bonds. The lowest BCUT2D eigenvalue weighted by molar-refractivity contribution is 0.458. The van der Waals surface area contributed by atoms with Gasteiger partial charge in [-0.1, -0.05) is 11.6 Å². The highest BCUT2D eigenvalue weighted by Gasteiger charge is 2.18. The van der Waals surface area contributed by atoms with Crippen LogP contribution in [0.4, 0.5) is 4.39 Å². The molecule has 1 N–H and O–H groups in total. The zero-order valence-corrected chi connectivity index (χ0v) is 9.57. The Morgan fingerprint density at radius 3 is 2.67 bits per heavy atom. The zero-order valence-electron chi connectivity index (χ0n) is 8.82. The first kappa shape index (κ1) is 10.9. The number of halogens is 2. The molecule has 0 radical (unpaired) electrons. The largest absolute Gasteiger partial charge is 0.317 e. The molecule has 0 saturated carbocycles. The Kier molecular flexibility index (Phi) is 3.27. The van der Waals surface area contributed by atoms with Gasteiger partial charge in [0, 0.05) is 5.02 Å². The molecule has 1 saturated heterocycles. The third-order valence-electron chi connectivity index (χ3n) is 3.06. The zero-order chi connectivity index (χ0) is 10.8. The van der Waals surface area contributed by atoms with Crippen LogP contribution < -0.4 is 5.32 Å². The fraction of sp³-hybridized carbons (Fsp3) is 0.500. The maximum absolute atomic E-state index is 13.4. The van der Waals surface area contributed by atoms with E-state index in [9.17, 15) is 4.39 Å². The second-order valence-corrected chi connectivity index (χ2v) is 4.55. The quantitative estimate of drug-likeness (QED) is 0.777. The number of hydrogen-bond acceptors (Lipinski definition) is 1. The van der Waals surface area contributed by atoms with E-state index in [1.807, 2.05) is 0 Å². The third-order valence-corrected chi connectivity index (χ3v) is 3.38. The van der Waals surface area contributed by atoms with Gasteiger partial charge in [-0.25, -0.2) is 4.39 Å². The Morgan fingerprint density at radius 2 is 2.00 bits per heavy atom. The predicted molar refractivity (Wildman–Crippen MR) is 61.0 cm³/mol. The van der Waals surface area contributed by atoms with Gasteiger partial charge in [0.2, 0.25) is 0 Å². The van der Waals surface area contributed by atoms with Gasteiger partial charge >= 0.3 is 0 Å². The first-order valence-electron chi connectivity index (χ1n) is 5.34. The van der Waals surface area contributed by atoms with Crippen LogP contribution in [0.2, 0.25) is 5.02 Å². The molecule has 0 aromatic heterocycles. The SMILES string of the molecule is Cc1cc(Cl)c(C2CCNCC2)cc1F. The molecule has 1 aliphatic rings. The summed E-state index contributed by atoms with van der Waals surface area (Å²) in [5.41, 5.74) is 1.60. The second-order valence-electron chi connectivity index (χ2n) is 4.15. The number of piperidine rings is 1. The lowest BCUT2D eigenvalue weighted by atomic mass is 9.89. The van der Waals surface area contributed by atoms with Crippen LogP contribution in [0, 0.1) is 12.7 Å². The normalized spacial score (nSPS) is 18.1. The van der Waals surface area contributed by atoms with E-state index in [2.05, 4.69) is 5.32 Å². The maximum atomic E-state index is 13.4. The molecule has 1 heterocycles. The minimum absolute atomic E-state index is 0.145. The van der Waals surface area contributed by atoms with Gasteiger partial charge in [0.1, 0.15) is 5.82 Å². The van der Waals surface area contributed by atoms with E-state index in [1.54, 1.807) is 19.1 Å². The smallest absolute Gasteiger partial charge is 0.126 e. The second kappa shape index (κ2) is 4.50. The van der Waals surface area contributed by atoms with Crippen molar-refractivity contribution in [3.8, 4) is 0 Å². The fourth-order valence-corrected chi connectivity index (χ4v) is 2.48. The van der Waals surface area contributed by atoms with Crippen LogP contribution in [0.3, 0.4) is 0 Å². The average molecular weight is 228 g/mol. The molecule has 0 atom stereocenters. The monoisotopic (exact) mass is 227 g/mol. The summed E-state index contributed by atoms with van der Waals surface area (Å²) in [5, 5.41) is 4.00. The van der Waals surface area contributed by atoms with Gasteiger partial charge < -0.3 is 5.32 Å². The van der Waals surface area contributed by atoms with Crippen LogP contribution >= 0.6 is 11.6 Å². The molecule has 0 aliphatic carbocycles. The number of rotatable bonds is 1. The number of aryl methyl sites for hydroxylation is 1. The summed E-state index contributed by atoms with van der Waals surface area (Å²) in [6, 6.07) is 3.34. The highest BCUT2D eigenvalue weighted by atomic mass is 35.5. The van der Waals surface area contributed by atoms with Gasteiger partial charge in [0.25, 0.3) is 0 Å². The standard InChI is InChI=1S/C12H15ClFN/c1-8-6-11(13)10(7-12(8)14)9-2-4-15-5-3-9/h6-7,9,15H,2-5H2,1H3. The number of nitrogens with one attached hydrogen (secondary N) is 1. The molecule has 1 aromatic carbocycles. The molecule has 1 aliphatic heterocycles. The van der Waals surface area contributed by atoms with Gasteiger partial charge in [0.05, 0.1) is 0 Å². The van der Waals surface area contributed by atoms with Gasteiger partial charge in [-0.15, -0.1) is 0 Å².